The largest absolute Gasteiger partial charge is 0.465 e. The molecule has 6 heteroatoms. The van der Waals surface area contributed by atoms with Gasteiger partial charge in [-0.2, -0.15) is 11.8 Å². The topological polar surface area (TPSA) is 26.3 Å². The van der Waals surface area contributed by atoms with E-state index in [0.717, 1.165) is 18.8 Å². The molecule has 0 N–H and O–H groups in total. The van der Waals surface area contributed by atoms with Crippen molar-refractivity contribution >= 4 is 52.1 Å². The lowest BCUT2D eigenvalue weighted by Crippen LogP contribution is -2.30. The number of hydrogen-bond acceptors (Lipinski definition) is 3. The Morgan fingerprint density at radius 2 is 1.55 bits per heavy atom. The molecular formula is C25H51BrO2P2S. The van der Waals surface area contributed by atoms with Crippen molar-refractivity contribution in [1.29, 1.82) is 0 Å². The molecule has 0 aromatic heterocycles. The van der Waals surface area contributed by atoms with Gasteiger partial charge in [0.15, 0.2) is 0 Å². The number of halogens is 1. The molecule has 0 fully saturated rings. The monoisotopic (exact) mass is 556 g/mol. The Morgan fingerprint density at radius 3 is 2.13 bits per heavy atom. The van der Waals surface area contributed by atoms with Crippen LogP contribution in [0.25, 0.3) is 0 Å². The van der Waals surface area contributed by atoms with Crippen molar-refractivity contribution < 1.29 is 9.53 Å². The van der Waals surface area contributed by atoms with Gasteiger partial charge in [0, 0.05) is 0 Å². The van der Waals surface area contributed by atoms with Crippen molar-refractivity contribution in [3.8, 4) is 0 Å². The van der Waals surface area contributed by atoms with Crippen LogP contribution in [0, 0.1) is 11.3 Å². The molecule has 0 aromatic carbocycles. The Labute approximate surface area is 211 Å². The van der Waals surface area contributed by atoms with Gasteiger partial charge in [0.2, 0.25) is 0 Å². The fraction of sp³-hybridized carbons (Fsp3) is 0.960. The highest BCUT2D eigenvalue weighted by atomic mass is 79.9. The molecular weight excluding hydrogens is 506 g/mol. The maximum Gasteiger partial charge on any atom is 0.322 e. The molecule has 186 valence electrons. The third-order valence-electron chi connectivity index (χ3n) is 5.93. The van der Waals surface area contributed by atoms with Crippen LogP contribution in [0.15, 0.2) is 0 Å². The Hall–Kier alpha value is 1.16. The molecule has 0 aliphatic carbocycles. The fourth-order valence-corrected chi connectivity index (χ4v) is 5.72. The average Bonchev–Trinajstić information content (AvgIpc) is 2.63. The van der Waals surface area contributed by atoms with Crippen molar-refractivity contribution in [3.63, 3.8) is 0 Å². The van der Waals surface area contributed by atoms with Crippen LogP contribution in [0.1, 0.15) is 106 Å². The predicted molar refractivity (Wildman–Crippen MR) is 153 cm³/mol. The summed E-state index contributed by atoms with van der Waals surface area (Å²) in [6.45, 7) is 13.9. The molecule has 31 heavy (non-hydrogen) atoms. The number of esters is 1. The van der Waals surface area contributed by atoms with Crippen molar-refractivity contribution in [3.05, 3.63) is 0 Å². The first kappa shape index (κ1) is 32.2. The molecule has 0 heterocycles. The zero-order valence-electron chi connectivity index (χ0n) is 21.2. The zero-order chi connectivity index (χ0) is 24.0. The summed E-state index contributed by atoms with van der Waals surface area (Å²) in [5, 5.41) is 0.328. The van der Waals surface area contributed by atoms with E-state index in [1.54, 1.807) is 0 Å². The third-order valence-corrected chi connectivity index (χ3v) is 7.96. The molecule has 0 saturated heterocycles. The maximum absolute atomic E-state index is 11.7. The summed E-state index contributed by atoms with van der Waals surface area (Å²) in [5.41, 5.74) is 0.412. The van der Waals surface area contributed by atoms with Crippen LogP contribution < -0.4 is 0 Å². The van der Waals surface area contributed by atoms with Gasteiger partial charge in [0.25, 0.3) is 0 Å². The number of alkyl halides is 1. The molecule has 0 aliphatic rings. The van der Waals surface area contributed by atoms with Gasteiger partial charge in [0.1, 0.15) is 4.32 Å². The van der Waals surface area contributed by atoms with Gasteiger partial charge < -0.3 is 4.74 Å². The Kier molecular flexibility index (Phi) is 17.4. The van der Waals surface area contributed by atoms with Crippen LogP contribution in [0.2, 0.25) is 0 Å². The van der Waals surface area contributed by atoms with Gasteiger partial charge >= 0.3 is 5.97 Å². The summed E-state index contributed by atoms with van der Waals surface area (Å²) in [7, 11) is 5.93. The highest BCUT2D eigenvalue weighted by Gasteiger charge is 2.32. The van der Waals surface area contributed by atoms with E-state index in [2.05, 4.69) is 73.9 Å². The van der Waals surface area contributed by atoms with E-state index in [0.29, 0.717) is 17.2 Å². The van der Waals surface area contributed by atoms with Crippen LogP contribution in [0.4, 0.5) is 0 Å². The summed E-state index contributed by atoms with van der Waals surface area (Å²) in [6, 6.07) is 0. The second-order valence-corrected chi connectivity index (χ2v) is 16.2. The number of ether oxygens (including phenoxy) is 1. The summed E-state index contributed by atoms with van der Waals surface area (Å²) in [4.78, 5) is 11.7. The first-order valence-corrected chi connectivity index (χ1v) is 15.6. The van der Waals surface area contributed by atoms with Gasteiger partial charge in [-0.1, -0.05) is 69.3 Å². The van der Waals surface area contributed by atoms with E-state index < -0.39 is 4.32 Å². The normalized spacial score (nSPS) is 14.0. The number of rotatable bonds is 19. The minimum atomic E-state index is -0.573. The van der Waals surface area contributed by atoms with Crippen molar-refractivity contribution in [1.82, 2.24) is 0 Å². The van der Waals surface area contributed by atoms with Crippen LogP contribution in [0.5, 0.6) is 0 Å². The summed E-state index contributed by atoms with van der Waals surface area (Å²) in [6.07, 6.45) is 13.9. The lowest BCUT2D eigenvalue weighted by atomic mass is 9.70. The molecule has 2 nitrogen and oxygen atoms in total. The van der Waals surface area contributed by atoms with Gasteiger partial charge in [-0.15, -0.1) is 18.5 Å². The van der Waals surface area contributed by atoms with E-state index in [-0.39, 0.29) is 5.97 Å². The second kappa shape index (κ2) is 16.7. The van der Waals surface area contributed by atoms with Gasteiger partial charge in [0.05, 0.1) is 6.61 Å². The Balaban J connectivity index is 4.04. The van der Waals surface area contributed by atoms with Gasteiger partial charge in [-0.3, -0.25) is 4.79 Å². The molecule has 0 bridgehead atoms. The average molecular weight is 558 g/mol. The zero-order valence-corrected chi connectivity index (χ0v) is 25.9. The smallest absolute Gasteiger partial charge is 0.322 e. The number of carbonyl (C=O) groups excluding carboxylic acids is 1. The molecule has 0 saturated carbocycles. The lowest BCUT2D eigenvalue weighted by molar-refractivity contribution is -0.145. The molecule has 3 atom stereocenters. The lowest BCUT2D eigenvalue weighted by Gasteiger charge is -2.38. The van der Waals surface area contributed by atoms with Crippen LogP contribution in [0.3, 0.4) is 0 Å². The number of carbonyl (C=O) groups is 1. The minimum Gasteiger partial charge on any atom is -0.465 e. The predicted octanol–water partition coefficient (Wildman–Crippen LogP) is 8.51. The standard InChI is InChI=1S/C25H51BrO2P2S/c1-23(2,21(20-24(3,4)30)14-10-9-12-17-29)15-19-31-18-13-8-7-11-16-28-22(27)25(5,6)26/h21H,7-20,29-30H2,1-6H3. The first-order valence-electron chi connectivity index (χ1n) is 12.2. The SMILES string of the molecule is CC(C)(P)CC(CCCCCP)C(C)(C)CCSCCCCCCOC(=O)C(C)(C)Br. The van der Waals surface area contributed by atoms with E-state index in [4.69, 9.17) is 4.74 Å². The van der Waals surface area contributed by atoms with E-state index >= 15 is 0 Å². The third kappa shape index (κ3) is 18.2. The van der Waals surface area contributed by atoms with Crippen LogP contribution >= 0.6 is 46.2 Å². The fourth-order valence-electron chi connectivity index (χ4n) is 3.75. The first-order chi connectivity index (χ1) is 14.3. The van der Waals surface area contributed by atoms with Crippen molar-refractivity contribution in [2.24, 2.45) is 11.3 Å². The van der Waals surface area contributed by atoms with E-state index in [1.165, 1.54) is 69.0 Å². The van der Waals surface area contributed by atoms with Crippen LogP contribution in [-0.2, 0) is 9.53 Å². The van der Waals surface area contributed by atoms with E-state index in [1.807, 2.05) is 13.8 Å². The molecule has 0 amide bonds. The number of unbranched alkanes of at least 4 members (excludes halogenated alkanes) is 5. The quantitative estimate of drug-likeness (QED) is 0.0689. The second-order valence-electron chi connectivity index (χ2n) is 10.9. The Morgan fingerprint density at radius 1 is 0.935 bits per heavy atom. The maximum atomic E-state index is 11.7. The highest BCUT2D eigenvalue weighted by molar-refractivity contribution is 9.10. The van der Waals surface area contributed by atoms with Crippen LogP contribution in [-0.4, -0.2) is 39.7 Å². The summed E-state index contributed by atoms with van der Waals surface area (Å²) < 4.78 is 4.72. The number of thioether (sulfide) groups is 1. The summed E-state index contributed by atoms with van der Waals surface area (Å²) >= 11 is 5.46. The molecule has 0 radical (unpaired) electrons. The summed E-state index contributed by atoms with van der Waals surface area (Å²) in [5.74, 6) is 3.15. The number of hydrogen-bond donors (Lipinski definition) is 0. The molecule has 0 aliphatic heterocycles. The molecule has 0 spiro atoms. The van der Waals surface area contributed by atoms with Gasteiger partial charge in [-0.25, -0.2) is 0 Å². The van der Waals surface area contributed by atoms with Gasteiger partial charge in [-0.05, 0) is 86.5 Å². The Bertz CT molecular complexity index is 473. The molecule has 0 rings (SSSR count). The molecule has 3 unspecified atom stereocenters. The van der Waals surface area contributed by atoms with E-state index in [9.17, 15) is 4.79 Å². The molecule has 0 aromatic rings. The van der Waals surface area contributed by atoms with Crippen molar-refractivity contribution in [2.75, 3.05) is 24.3 Å². The minimum absolute atomic E-state index is 0.168. The van der Waals surface area contributed by atoms with Crippen molar-refractivity contribution in [2.45, 2.75) is 115 Å². The highest BCUT2D eigenvalue weighted by Crippen LogP contribution is 2.42.